The second-order valence-corrected chi connectivity index (χ2v) is 4.73. The minimum absolute atomic E-state index is 0.0988. The van der Waals surface area contributed by atoms with Crippen LogP contribution >= 0.6 is 0 Å². The van der Waals surface area contributed by atoms with E-state index < -0.39 is 0 Å². The molecule has 0 amide bonds. The molecule has 0 spiro atoms. The Hall–Kier alpha value is -0.890. The fourth-order valence-corrected chi connectivity index (χ4v) is 2.48. The lowest BCUT2D eigenvalue weighted by Gasteiger charge is -2.26. The molecule has 2 heteroatoms. The van der Waals surface area contributed by atoms with E-state index in [2.05, 4.69) is 5.32 Å². The normalized spacial score (nSPS) is 25.0. The molecule has 1 aromatic carbocycles. The maximum absolute atomic E-state index is 13.2. The van der Waals surface area contributed by atoms with Gasteiger partial charge in [0, 0.05) is 12.1 Å². The van der Waals surface area contributed by atoms with Gasteiger partial charge in [0.2, 0.25) is 0 Å². The van der Waals surface area contributed by atoms with Crippen molar-refractivity contribution in [3.05, 3.63) is 35.1 Å². The summed E-state index contributed by atoms with van der Waals surface area (Å²) in [6.07, 6.45) is 6.08. The monoisotopic (exact) mass is 205 g/mol. The summed E-state index contributed by atoms with van der Waals surface area (Å²) in [4.78, 5) is 0. The van der Waals surface area contributed by atoms with Gasteiger partial charge in [-0.3, -0.25) is 0 Å². The molecule has 0 bridgehead atoms. The van der Waals surface area contributed by atoms with E-state index in [9.17, 15) is 4.39 Å². The minimum atomic E-state index is -0.0988. The molecule has 15 heavy (non-hydrogen) atoms. The highest BCUT2D eigenvalue weighted by Gasteiger charge is 2.28. The van der Waals surface area contributed by atoms with Crippen molar-refractivity contribution < 1.29 is 4.39 Å². The summed E-state index contributed by atoms with van der Waals surface area (Å²) < 4.78 is 13.2. The molecule has 0 heterocycles. The van der Waals surface area contributed by atoms with Crippen molar-refractivity contribution in [3.63, 3.8) is 0 Å². The standard InChI is InChI=1S/C13H16FN/c14-10-5-4-9-2-1-3-13(12(9)8-10)15-11-6-7-11/h4-5,8,11,13,15H,1-3,6-7H2. The minimum Gasteiger partial charge on any atom is -0.307 e. The Labute approximate surface area is 89.7 Å². The van der Waals surface area contributed by atoms with E-state index in [1.54, 1.807) is 12.1 Å². The highest BCUT2D eigenvalue weighted by molar-refractivity contribution is 5.33. The number of hydrogen-bond donors (Lipinski definition) is 1. The van der Waals surface area contributed by atoms with Crippen LogP contribution in [-0.4, -0.2) is 6.04 Å². The molecule has 0 saturated heterocycles. The average molecular weight is 205 g/mol. The zero-order chi connectivity index (χ0) is 10.3. The second kappa shape index (κ2) is 3.60. The molecule has 1 saturated carbocycles. The molecule has 3 rings (SSSR count). The molecule has 1 aromatic rings. The smallest absolute Gasteiger partial charge is 0.123 e. The van der Waals surface area contributed by atoms with Gasteiger partial charge in [0.25, 0.3) is 0 Å². The summed E-state index contributed by atoms with van der Waals surface area (Å²) in [6, 6.07) is 6.35. The molecular weight excluding hydrogens is 189 g/mol. The van der Waals surface area contributed by atoms with Crippen LogP contribution in [0.1, 0.15) is 42.9 Å². The Morgan fingerprint density at radius 2 is 2.07 bits per heavy atom. The number of fused-ring (bicyclic) bond motifs is 1. The van der Waals surface area contributed by atoms with Crippen LogP contribution < -0.4 is 5.32 Å². The molecule has 1 N–H and O–H groups in total. The van der Waals surface area contributed by atoms with Gasteiger partial charge in [-0.25, -0.2) is 4.39 Å². The fraction of sp³-hybridized carbons (Fsp3) is 0.538. The first-order valence-electron chi connectivity index (χ1n) is 5.87. The zero-order valence-corrected chi connectivity index (χ0v) is 8.80. The van der Waals surface area contributed by atoms with Crippen molar-refractivity contribution >= 4 is 0 Å². The van der Waals surface area contributed by atoms with E-state index in [4.69, 9.17) is 0 Å². The third kappa shape index (κ3) is 1.91. The maximum atomic E-state index is 13.2. The Kier molecular flexibility index (Phi) is 2.24. The molecule has 80 valence electrons. The van der Waals surface area contributed by atoms with Crippen LogP contribution in [0.5, 0.6) is 0 Å². The molecule has 1 unspecified atom stereocenters. The summed E-state index contributed by atoms with van der Waals surface area (Å²) in [6.45, 7) is 0. The highest BCUT2D eigenvalue weighted by atomic mass is 19.1. The van der Waals surface area contributed by atoms with Gasteiger partial charge in [-0.1, -0.05) is 6.07 Å². The quantitative estimate of drug-likeness (QED) is 0.782. The molecule has 0 radical (unpaired) electrons. The molecule has 1 nitrogen and oxygen atoms in total. The molecule has 2 aliphatic rings. The van der Waals surface area contributed by atoms with Crippen LogP contribution in [0.2, 0.25) is 0 Å². The van der Waals surface area contributed by atoms with Crippen LogP contribution in [0.25, 0.3) is 0 Å². The Balaban J connectivity index is 1.89. The Bertz CT molecular complexity index is 371. The lowest BCUT2D eigenvalue weighted by molar-refractivity contribution is 0.454. The lowest BCUT2D eigenvalue weighted by Crippen LogP contribution is -2.27. The first-order valence-corrected chi connectivity index (χ1v) is 5.87. The number of hydrogen-bond acceptors (Lipinski definition) is 1. The van der Waals surface area contributed by atoms with Crippen LogP contribution in [0, 0.1) is 5.82 Å². The molecule has 0 aromatic heterocycles. The zero-order valence-electron chi connectivity index (χ0n) is 8.80. The predicted octanol–water partition coefficient (Wildman–Crippen LogP) is 2.96. The average Bonchev–Trinajstić information content (AvgIpc) is 3.03. The number of benzene rings is 1. The van der Waals surface area contributed by atoms with Crippen LogP contribution in [0.3, 0.4) is 0 Å². The summed E-state index contributed by atoms with van der Waals surface area (Å²) in [5, 5.41) is 3.61. The SMILES string of the molecule is Fc1ccc2c(c1)C(NC1CC1)CCC2. The topological polar surface area (TPSA) is 12.0 Å². The van der Waals surface area contributed by atoms with Crippen LogP contribution in [0.4, 0.5) is 4.39 Å². The van der Waals surface area contributed by atoms with Crippen molar-refractivity contribution in [1.29, 1.82) is 0 Å². The van der Waals surface area contributed by atoms with Gasteiger partial charge >= 0.3 is 0 Å². The summed E-state index contributed by atoms with van der Waals surface area (Å²) in [5.74, 6) is -0.0988. The van der Waals surface area contributed by atoms with Gasteiger partial charge in [-0.15, -0.1) is 0 Å². The summed E-state index contributed by atoms with van der Waals surface area (Å²) in [5.41, 5.74) is 2.54. The molecule has 1 atom stereocenters. The predicted molar refractivity (Wildman–Crippen MR) is 58.2 cm³/mol. The molecule has 1 fully saturated rings. The van der Waals surface area contributed by atoms with Gasteiger partial charge in [-0.05, 0) is 55.4 Å². The highest BCUT2D eigenvalue weighted by Crippen LogP contribution is 2.33. The maximum Gasteiger partial charge on any atom is 0.123 e. The number of aryl methyl sites for hydroxylation is 1. The summed E-state index contributed by atoms with van der Waals surface area (Å²) in [7, 11) is 0. The van der Waals surface area contributed by atoms with Gasteiger partial charge in [-0.2, -0.15) is 0 Å². The van der Waals surface area contributed by atoms with Gasteiger partial charge in [0.1, 0.15) is 5.82 Å². The molecular formula is C13H16FN. The van der Waals surface area contributed by atoms with E-state index in [0.29, 0.717) is 12.1 Å². The van der Waals surface area contributed by atoms with Crippen molar-refractivity contribution in [1.82, 2.24) is 5.32 Å². The van der Waals surface area contributed by atoms with E-state index in [0.717, 1.165) is 12.8 Å². The third-order valence-corrected chi connectivity index (χ3v) is 3.44. The van der Waals surface area contributed by atoms with Gasteiger partial charge in [0.15, 0.2) is 0 Å². The van der Waals surface area contributed by atoms with Crippen LogP contribution in [-0.2, 0) is 6.42 Å². The number of nitrogens with one attached hydrogen (secondary N) is 1. The summed E-state index contributed by atoms with van der Waals surface area (Å²) >= 11 is 0. The Morgan fingerprint density at radius 3 is 2.87 bits per heavy atom. The molecule has 0 aliphatic heterocycles. The first-order chi connectivity index (χ1) is 7.33. The largest absolute Gasteiger partial charge is 0.307 e. The molecule has 2 aliphatic carbocycles. The number of rotatable bonds is 2. The fourth-order valence-electron chi connectivity index (χ4n) is 2.48. The van der Waals surface area contributed by atoms with E-state index in [1.165, 1.54) is 30.4 Å². The van der Waals surface area contributed by atoms with E-state index in [1.807, 2.05) is 6.07 Å². The van der Waals surface area contributed by atoms with Crippen molar-refractivity contribution in [3.8, 4) is 0 Å². The second-order valence-electron chi connectivity index (χ2n) is 4.73. The number of halogens is 1. The van der Waals surface area contributed by atoms with E-state index in [-0.39, 0.29) is 5.82 Å². The third-order valence-electron chi connectivity index (χ3n) is 3.44. The van der Waals surface area contributed by atoms with E-state index >= 15 is 0 Å². The van der Waals surface area contributed by atoms with Crippen molar-refractivity contribution in [2.75, 3.05) is 0 Å². The van der Waals surface area contributed by atoms with Gasteiger partial charge < -0.3 is 5.32 Å². The van der Waals surface area contributed by atoms with Crippen molar-refractivity contribution in [2.24, 2.45) is 0 Å². The van der Waals surface area contributed by atoms with Crippen molar-refractivity contribution in [2.45, 2.75) is 44.2 Å². The first kappa shape index (κ1) is 9.34. The Morgan fingerprint density at radius 1 is 1.20 bits per heavy atom. The van der Waals surface area contributed by atoms with Gasteiger partial charge in [0.05, 0.1) is 0 Å². The lowest BCUT2D eigenvalue weighted by atomic mass is 9.87. The van der Waals surface area contributed by atoms with Crippen LogP contribution in [0.15, 0.2) is 18.2 Å².